The van der Waals surface area contributed by atoms with Gasteiger partial charge in [0.2, 0.25) is 0 Å². The molecule has 1 amide bonds. The van der Waals surface area contributed by atoms with Crippen molar-refractivity contribution in [1.82, 2.24) is 9.80 Å². The van der Waals surface area contributed by atoms with E-state index in [1.54, 1.807) is 0 Å². The minimum absolute atomic E-state index is 0.00948. The van der Waals surface area contributed by atoms with Gasteiger partial charge in [0.15, 0.2) is 0 Å². The van der Waals surface area contributed by atoms with E-state index >= 15 is 0 Å². The maximum atomic E-state index is 13.3. The summed E-state index contributed by atoms with van der Waals surface area (Å²) >= 11 is 0. The number of ether oxygens (including phenoxy) is 3. The number of carbonyl (C=O) groups excluding carboxylic acids is 3. The zero-order valence-electron chi connectivity index (χ0n) is 40.7. The lowest BCUT2D eigenvalue weighted by Crippen LogP contribution is -2.44. The Morgan fingerprint density at radius 2 is 0.900 bits per heavy atom. The number of hydrogen-bond donors (Lipinski definition) is 0. The molecule has 4 unspecified atom stereocenters. The Morgan fingerprint density at radius 3 is 1.38 bits per heavy atom. The molecule has 60 heavy (non-hydrogen) atoms. The molecular formula is C52H100N2O6. The third-order valence-corrected chi connectivity index (χ3v) is 13.4. The van der Waals surface area contributed by atoms with Crippen molar-refractivity contribution >= 4 is 18.0 Å². The molecule has 0 bridgehead atoms. The van der Waals surface area contributed by atoms with E-state index in [0.717, 1.165) is 116 Å². The number of unbranched alkanes of at least 4 members (excludes halogenated alkanes) is 17. The number of amides is 1. The van der Waals surface area contributed by atoms with Crippen LogP contribution in [0.5, 0.6) is 0 Å². The Balaban J connectivity index is 2.75. The van der Waals surface area contributed by atoms with Crippen LogP contribution in [0.1, 0.15) is 241 Å². The molecule has 8 nitrogen and oxygen atoms in total. The van der Waals surface area contributed by atoms with Crippen molar-refractivity contribution in [3.63, 3.8) is 0 Å². The van der Waals surface area contributed by atoms with Crippen LogP contribution in [-0.2, 0) is 23.8 Å². The van der Waals surface area contributed by atoms with Crippen molar-refractivity contribution in [2.45, 2.75) is 241 Å². The molecule has 8 heteroatoms. The number of piperidine rings is 1. The summed E-state index contributed by atoms with van der Waals surface area (Å²) < 4.78 is 17.7. The highest BCUT2D eigenvalue weighted by atomic mass is 16.6. The summed E-state index contributed by atoms with van der Waals surface area (Å²) in [4.78, 5) is 44.1. The molecule has 0 radical (unpaired) electrons. The molecule has 1 aliphatic rings. The molecule has 0 aromatic carbocycles. The molecule has 1 saturated heterocycles. The zero-order valence-corrected chi connectivity index (χ0v) is 40.7. The van der Waals surface area contributed by atoms with Crippen molar-refractivity contribution in [3.05, 3.63) is 0 Å². The lowest BCUT2D eigenvalue weighted by Gasteiger charge is -2.38. The fraction of sp³-hybridized carbons (Fsp3) is 0.942. The SMILES string of the molecule is CCCCCCCCC(CCCCCC)C(=O)OCCCCC1CN(C(=O)OCCCN(CC)CC)CCC1CCCOC(=O)C(CCCCCC)CCCCCCCC. The smallest absolute Gasteiger partial charge is 0.409 e. The summed E-state index contributed by atoms with van der Waals surface area (Å²) in [5, 5.41) is 0. The van der Waals surface area contributed by atoms with Gasteiger partial charge in [0.25, 0.3) is 0 Å². The van der Waals surface area contributed by atoms with Crippen LogP contribution in [0.25, 0.3) is 0 Å². The maximum absolute atomic E-state index is 13.3. The Bertz CT molecular complexity index is 1010. The van der Waals surface area contributed by atoms with Crippen LogP contribution in [0.4, 0.5) is 4.79 Å². The second kappa shape index (κ2) is 40.0. The van der Waals surface area contributed by atoms with E-state index in [9.17, 15) is 14.4 Å². The van der Waals surface area contributed by atoms with Gasteiger partial charge in [-0.25, -0.2) is 4.79 Å². The van der Waals surface area contributed by atoms with Crippen molar-refractivity contribution in [3.8, 4) is 0 Å². The van der Waals surface area contributed by atoms with Gasteiger partial charge >= 0.3 is 18.0 Å². The van der Waals surface area contributed by atoms with Crippen molar-refractivity contribution in [2.75, 3.05) is 52.5 Å². The van der Waals surface area contributed by atoms with Gasteiger partial charge < -0.3 is 24.0 Å². The second-order valence-corrected chi connectivity index (χ2v) is 18.4. The average molecular weight is 849 g/mol. The molecule has 0 N–H and O–H groups in total. The number of likely N-dealkylation sites (tertiary alicyclic amines) is 1. The molecule has 0 aromatic heterocycles. The predicted octanol–water partition coefficient (Wildman–Crippen LogP) is 14.5. The molecule has 0 aromatic rings. The van der Waals surface area contributed by atoms with Gasteiger partial charge in [-0.2, -0.15) is 0 Å². The first-order valence-corrected chi connectivity index (χ1v) is 26.3. The summed E-state index contributed by atoms with van der Waals surface area (Å²) in [5.74, 6) is 0.906. The molecule has 1 rings (SSSR count). The van der Waals surface area contributed by atoms with E-state index in [1.165, 1.54) is 103 Å². The number of carbonyl (C=O) groups is 3. The Morgan fingerprint density at radius 1 is 0.483 bits per heavy atom. The van der Waals surface area contributed by atoms with Gasteiger partial charge in [0.1, 0.15) is 0 Å². The summed E-state index contributed by atoms with van der Waals surface area (Å²) in [5.41, 5.74) is 0. The molecule has 0 saturated carbocycles. The first-order valence-electron chi connectivity index (χ1n) is 26.3. The quantitative estimate of drug-likeness (QED) is 0.0344. The molecule has 1 heterocycles. The van der Waals surface area contributed by atoms with Crippen LogP contribution in [-0.4, -0.2) is 80.4 Å². The van der Waals surface area contributed by atoms with E-state index in [0.29, 0.717) is 44.7 Å². The first kappa shape index (κ1) is 56.2. The van der Waals surface area contributed by atoms with Crippen LogP contribution >= 0.6 is 0 Å². The van der Waals surface area contributed by atoms with Gasteiger partial charge in [-0.15, -0.1) is 0 Å². The molecule has 1 fully saturated rings. The molecule has 4 atom stereocenters. The zero-order chi connectivity index (χ0) is 43.9. The Labute approximate surface area is 372 Å². The standard InChI is InChI=1S/C52H100N2O6/c1-7-13-17-21-23-27-35-47(33-25-19-15-9-3)50(55)58-42-30-29-37-49-45-54(52(57)60-44-32-40-53(11-5)12-6)41-39-46(49)38-31-43-59-51(56)48(34-26-20-16-10-4)36-28-24-22-18-14-8-2/h46-49H,7-45H2,1-6H3. The minimum atomic E-state index is -0.188. The molecular weight excluding hydrogens is 749 g/mol. The molecule has 0 spiro atoms. The van der Waals surface area contributed by atoms with Gasteiger partial charge in [0.05, 0.1) is 31.7 Å². The fourth-order valence-corrected chi connectivity index (χ4v) is 9.20. The van der Waals surface area contributed by atoms with Crippen LogP contribution < -0.4 is 0 Å². The maximum Gasteiger partial charge on any atom is 0.409 e. The monoisotopic (exact) mass is 849 g/mol. The number of nitrogens with zero attached hydrogens (tertiary/aromatic N) is 2. The van der Waals surface area contributed by atoms with E-state index in [-0.39, 0.29) is 29.9 Å². The summed E-state index contributed by atoms with van der Waals surface area (Å²) in [7, 11) is 0. The average Bonchev–Trinajstić information content (AvgIpc) is 3.26. The Kier molecular flexibility index (Phi) is 37.4. The third kappa shape index (κ3) is 28.7. The van der Waals surface area contributed by atoms with Crippen molar-refractivity contribution in [1.29, 1.82) is 0 Å². The highest BCUT2D eigenvalue weighted by Gasteiger charge is 2.32. The normalized spacial score (nSPS) is 16.6. The summed E-state index contributed by atoms with van der Waals surface area (Å²) in [6.45, 7) is 19.1. The van der Waals surface area contributed by atoms with Crippen LogP contribution in [0.2, 0.25) is 0 Å². The van der Waals surface area contributed by atoms with E-state index < -0.39 is 0 Å². The van der Waals surface area contributed by atoms with Gasteiger partial charge in [-0.3, -0.25) is 9.59 Å². The van der Waals surface area contributed by atoms with E-state index in [1.807, 2.05) is 4.90 Å². The second-order valence-electron chi connectivity index (χ2n) is 18.4. The predicted molar refractivity (Wildman–Crippen MR) is 252 cm³/mol. The lowest BCUT2D eigenvalue weighted by molar-refractivity contribution is -0.150. The molecule has 354 valence electrons. The van der Waals surface area contributed by atoms with Crippen molar-refractivity contribution in [2.24, 2.45) is 23.7 Å². The van der Waals surface area contributed by atoms with Gasteiger partial charge in [0, 0.05) is 19.6 Å². The van der Waals surface area contributed by atoms with Crippen LogP contribution in [0.3, 0.4) is 0 Å². The van der Waals surface area contributed by atoms with E-state index in [2.05, 4.69) is 46.4 Å². The highest BCUT2D eigenvalue weighted by molar-refractivity contribution is 5.72. The number of esters is 2. The minimum Gasteiger partial charge on any atom is -0.465 e. The number of hydrogen-bond acceptors (Lipinski definition) is 7. The fourth-order valence-electron chi connectivity index (χ4n) is 9.20. The Hall–Kier alpha value is -1.83. The topological polar surface area (TPSA) is 85.4 Å². The summed E-state index contributed by atoms with van der Waals surface area (Å²) in [6.07, 6.45) is 34.5. The van der Waals surface area contributed by atoms with Gasteiger partial charge in [-0.05, 0) is 95.6 Å². The van der Waals surface area contributed by atoms with E-state index in [4.69, 9.17) is 14.2 Å². The molecule has 0 aliphatic carbocycles. The first-order chi connectivity index (χ1) is 29.3. The largest absolute Gasteiger partial charge is 0.465 e. The highest BCUT2D eigenvalue weighted by Crippen LogP contribution is 2.32. The van der Waals surface area contributed by atoms with Crippen molar-refractivity contribution < 1.29 is 28.6 Å². The lowest BCUT2D eigenvalue weighted by atomic mass is 9.79. The van der Waals surface area contributed by atoms with Gasteiger partial charge in [-0.1, -0.05) is 170 Å². The summed E-state index contributed by atoms with van der Waals surface area (Å²) in [6, 6.07) is 0. The number of rotatable bonds is 41. The van der Waals surface area contributed by atoms with Crippen LogP contribution in [0, 0.1) is 23.7 Å². The third-order valence-electron chi connectivity index (χ3n) is 13.4. The molecule has 1 aliphatic heterocycles. The van der Waals surface area contributed by atoms with Crippen LogP contribution in [0.15, 0.2) is 0 Å².